The zero-order chi connectivity index (χ0) is 10.9. The van der Waals surface area contributed by atoms with E-state index in [9.17, 15) is 5.11 Å². The highest BCUT2D eigenvalue weighted by Crippen LogP contribution is 2.32. The molecule has 14 heavy (non-hydrogen) atoms. The van der Waals surface area contributed by atoms with Gasteiger partial charge in [0.1, 0.15) is 5.75 Å². The fourth-order valence-corrected chi connectivity index (χ4v) is 2.14. The van der Waals surface area contributed by atoms with E-state index < -0.39 is 0 Å². The lowest BCUT2D eigenvalue weighted by atomic mass is 9.90. The van der Waals surface area contributed by atoms with Crippen LogP contribution in [-0.4, -0.2) is 5.11 Å². The van der Waals surface area contributed by atoms with Crippen LogP contribution in [0, 0.1) is 20.8 Å². The van der Waals surface area contributed by atoms with Crippen molar-refractivity contribution in [2.24, 2.45) is 0 Å². The number of benzene rings is 1. The maximum atomic E-state index is 10.1. The van der Waals surface area contributed by atoms with Gasteiger partial charge >= 0.3 is 0 Å². The summed E-state index contributed by atoms with van der Waals surface area (Å²) in [4.78, 5) is 0. The molecule has 0 aromatic heterocycles. The van der Waals surface area contributed by atoms with Crippen LogP contribution in [0.5, 0.6) is 5.75 Å². The summed E-state index contributed by atoms with van der Waals surface area (Å²) in [6, 6.07) is 0. The minimum Gasteiger partial charge on any atom is -0.507 e. The van der Waals surface area contributed by atoms with Crippen LogP contribution in [-0.2, 0) is 12.8 Å². The molecule has 1 nitrogen and oxygen atoms in total. The average molecular weight is 192 g/mol. The second kappa shape index (κ2) is 4.04. The lowest BCUT2D eigenvalue weighted by Crippen LogP contribution is -2.00. The highest BCUT2D eigenvalue weighted by Gasteiger charge is 2.14. The van der Waals surface area contributed by atoms with E-state index in [1.165, 1.54) is 16.7 Å². The zero-order valence-corrected chi connectivity index (χ0v) is 9.86. The number of hydrogen-bond donors (Lipinski definition) is 1. The second-order valence-electron chi connectivity index (χ2n) is 3.89. The van der Waals surface area contributed by atoms with Crippen LogP contribution in [0.4, 0.5) is 0 Å². The predicted molar refractivity (Wildman–Crippen MR) is 61.1 cm³/mol. The highest BCUT2D eigenvalue weighted by molar-refractivity contribution is 5.53. The Balaban J connectivity index is 3.56. The number of hydrogen-bond acceptors (Lipinski definition) is 1. The Morgan fingerprint density at radius 2 is 1.14 bits per heavy atom. The smallest absolute Gasteiger partial charge is 0.122 e. The van der Waals surface area contributed by atoms with Crippen molar-refractivity contribution in [2.75, 3.05) is 0 Å². The van der Waals surface area contributed by atoms with E-state index in [0.29, 0.717) is 5.75 Å². The molecule has 0 atom stereocenters. The summed E-state index contributed by atoms with van der Waals surface area (Å²) in [5.41, 5.74) is 6.06. The Hall–Kier alpha value is -0.980. The highest BCUT2D eigenvalue weighted by atomic mass is 16.3. The third-order valence-electron chi connectivity index (χ3n) is 3.31. The predicted octanol–water partition coefficient (Wildman–Crippen LogP) is 3.44. The Bertz CT molecular complexity index is 320. The summed E-state index contributed by atoms with van der Waals surface area (Å²) < 4.78 is 0. The quantitative estimate of drug-likeness (QED) is 0.761. The van der Waals surface area contributed by atoms with E-state index in [0.717, 1.165) is 24.0 Å². The Morgan fingerprint density at radius 3 is 1.43 bits per heavy atom. The van der Waals surface area contributed by atoms with Crippen LogP contribution in [0.15, 0.2) is 0 Å². The first-order valence-electron chi connectivity index (χ1n) is 5.34. The molecule has 78 valence electrons. The molecule has 1 aromatic rings. The molecule has 0 saturated heterocycles. The van der Waals surface area contributed by atoms with E-state index in [2.05, 4.69) is 34.6 Å². The molecule has 0 aliphatic heterocycles. The molecule has 0 saturated carbocycles. The second-order valence-corrected chi connectivity index (χ2v) is 3.89. The van der Waals surface area contributed by atoms with Crippen molar-refractivity contribution in [3.05, 3.63) is 27.8 Å². The van der Waals surface area contributed by atoms with Crippen molar-refractivity contribution >= 4 is 0 Å². The third kappa shape index (κ3) is 1.52. The van der Waals surface area contributed by atoms with E-state index in [1.54, 1.807) is 0 Å². The molecule has 1 aromatic carbocycles. The van der Waals surface area contributed by atoms with E-state index in [4.69, 9.17) is 0 Å². The maximum Gasteiger partial charge on any atom is 0.122 e. The largest absolute Gasteiger partial charge is 0.507 e. The van der Waals surface area contributed by atoms with E-state index in [-0.39, 0.29) is 0 Å². The number of rotatable bonds is 2. The van der Waals surface area contributed by atoms with Crippen LogP contribution in [0.3, 0.4) is 0 Å². The molecule has 0 heterocycles. The van der Waals surface area contributed by atoms with Gasteiger partial charge in [-0.3, -0.25) is 0 Å². The van der Waals surface area contributed by atoms with Crippen molar-refractivity contribution < 1.29 is 5.11 Å². The molecule has 0 aliphatic carbocycles. The summed E-state index contributed by atoms with van der Waals surface area (Å²) in [5.74, 6) is 0.524. The summed E-state index contributed by atoms with van der Waals surface area (Å²) in [7, 11) is 0. The average Bonchev–Trinajstić information content (AvgIpc) is 2.16. The normalized spacial score (nSPS) is 10.6. The third-order valence-corrected chi connectivity index (χ3v) is 3.31. The summed E-state index contributed by atoms with van der Waals surface area (Å²) >= 11 is 0. The molecule has 0 bridgehead atoms. The molecule has 0 amide bonds. The zero-order valence-electron chi connectivity index (χ0n) is 9.86. The van der Waals surface area contributed by atoms with Gasteiger partial charge in [-0.05, 0) is 61.4 Å². The van der Waals surface area contributed by atoms with Crippen molar-refractivity contribution in [3.63, 3.8) is 0 Å². The monoisotopic (exact) mass is 192 g/mol. The fraction of sp³-hybridized carbons (Fsp3) is 0.538. The molecule has 1 rings (SSSR count). The Morgan fingerprint density at radius 1 is 0.786 bits per heavy atom. The molecule has 0 unspecified atom stereocenters. The fourth-order valence-electron chi connectivity index (χ4n) is 2.14. The first-order chi connectivity index (χ1) is 6.54. The van der Waals surface area contributed by atoms with Gasteiger partial charge in [0.15, 0.2) is 0 Å². The molecule has 0 aliphatic rings. The van der Waals surface area contributed by atoms with Gasteiger partial charge in [-0.2, -0.15) is 0 Å². The van der Waals surface area contributed by atoms with Gasteiger partial charge < -0.3 is 5.11 Å². The Kier molecular flexibility index (Phi) is 3.20. The van der Waals surface area contributed by atoms with Gasteiger partial charge in [-0.25, -0.2) is 0 Å². The van der Waals surface area contributed by atoms with Crippen LogP contribution >= 0.6 is 0 Å². The number of phenols is 1. The minimum atomic E-state index is 0.524. The first-order valence-corrected chi connectivity index (χ1v) is 5.34. The van der Waals surface area contributed by atoms with Gasteiger partial charge in [0.2, 0.25) is 0 Å². The standard InChI is InChI=1S/C13H20O/c1-6-11-9(4)8(3)10(5)12(7-2)13(11)14/h14H,6-7H2,1-5H3. The maximum absolute atomic E-state index is 10.1. The van der Waals surface area contributed by atoms with Gasteiger partial charge in [0.05, 0.1) is 0 Å². The van der Waals surface area contributed by atoms with E-state index >= 15 is 0 Å². The molecule has 0 spiro atoms. The number of aromatic hydroxyl groups is 1. The van der Waals surface area contributed by atoms with Crippen molar-refractivity contribution in [1.29, 1.82) is 0 Å². The molecule has 0 radical (unpaired) electrons. The molecular formula is C13H20O. The lowest BCUT2D eigenvalue weighted by molar-refractivity contribution is 0.460. The minimum absolute atomic E-state index is 0.524. The summed E-state index contributed by atoms with van der Waals surface area (Å²) in [5, 5.41) is 10.1. The van der Waals surface area contributed by atoms with Gasteiger partial charge in [-0.15, -0.1) is 0 Å². The summed E-state index contributed by atoms with van der Waals surface area (Å²) in [6.45, 7) is 10.5. The van der Waals surface area contributed by atoms with Crippen LogP contribution in [0.25, 0.3) is 0 Å². The number of phenolic OH excluding ortho intramolecular Hbond substituents is 1. The van der Waals surface area contributed by atoms with Crippen molar-refractivity contribution in [2.45, 2.75) is 47.5 Å². The van der Waals surface area contributed by atoms with Gasteiger partial charge in [-0.1, -0.05) is 13.8 Å². The SMILES string of the molecule is CCc1c(C)c(C)c(C)c(CC)c1O. The first kappa shape index (κ1) is 11.1. The molecule has 0 fully saturated rings. The van der Waals surface area contributed by atoms with Gasteiger partial charge in [0.25, 0.3) is 0 Å². The van der Waals surface area contributed by atoms with Crippen LogP contribution < -0.4 is 0 Å². The van der Waals surface area contributed by atoms with E-state index in [1.807, 2.05) is 0 Å². The Labute approximate surface area is 86.8 Å². The van der Waals surface area contributed by atoms with Crippen molar-refractivity contribution in [3.8, 4) is 5.75 Å². The molecule has 1 N–H and O–H groups in total. The van der Waals surface area contributed by atoms with Crippen molar-refractivity contribution in [1.82, 2.24) is 0 Å². The lowest BCUT2D eigenvalue weighted by Gasteiger charge is -2.17. The topological polar surface area (TPSA) is 20.2 Å². The molecular weight excluding hydrogens is 172 g/mol. The van der Waals surface area contributed by atoms with Gasteiger partial charge in [0, 0.05) is 0 Å². The van der Waals surface area contributed by atoms with Crippen LogP contribution in [0.2, 0.25) is 0 Å². The molecule has 1 heteroatoms. The summed E-state index contributed by atoms with van der Waals surface area (Å²) in [6.07, 6.45) is 1.82. The van der Waals surface area contributed by atoms with Crippen LogP contribution in [0.1, 0.15) is 41.7 Å².